The molecule has 1 aliphatic rings. The summed E-state index contributed by atoms with van der Waals surface area (Å²) in [5, 5.41) is 3.15. The van der Waals surface area contributed by atoms with Crippen LogP contribution in [0.3, 0.4) is 0 Å². The van der Waals surface area contributed by atoms with E-state index in [1.54, 1.807) is 12.1 Å². The Morgan fingerprint density at radius 1 is 1.04 bits per heavy atom. The van der Waals surface area contributed by atoms with Crippen molar-refractivity contribution in [3.05, 3.63) is 17.7 Å². The Bertz CT molecular complexity index is 546. The van der Waals surface area contributed by atoms with Gasteiger partial charge >= 0.3 is 6.18 Å². The van der Waals surface area contributed by atoms with Crippen LogP contribution in [-0.4, -0.2) is 58.6 Å². The predicted molar refractivity (Wildman–Crippen MR) is 84.0 cm³/mol. The van der Waals surface area contributed by atoms with Crippen molar-refractivity contribution in [2.75, 3.05) is 47.5 Å². The van der Waals surface area contributed by atoms with Gasteiger partial charge in [-0.15, -0.1) is 0 Å². The molecule has 1 atom stereocenters. The minimum Gasteiger partial charge on any atom is -0.493 e. The topological polar surface area (TPSA) is 43.0 Å². The van der Waals surface area contributed by atoms with Crippen molar-refractivity contribution in [1.29, 1.82) is 0 Å². The molecule has 0 amide bonds. The van der Waals surface area contributed by atoms with Gasteiger partial charge in [-0.2, -0.15) is 13.2 Å². The van der Waals surface area contributed by atoms with Gasteiger partial charge in [-0.3, -0.25) is 4.90 Å². The highest BCUT2D eigenvalue weighted by atomic mass is 19.4. The van der Waals surface area contributed by atoms with E-state index < -0.39 is 18.6 Å². The summed E-state index contributed by atoms with van der Waals surface area (Å²) in [4.78, 5) is 1.83. The summed E-state index contributed by atoms with van der Waals surface area (Å²) in [7, 11) is 4.33. The lowest BCUT2D eigenvalue weighted by Gasteiger charge is -2.36. The Hall–Kier alpha value is -1.67. The summed E-state index contributed by atoms with van der Waals surface area (Å²) in [6.07, 6.45) is -5.23. The van der Waals surface area contributed by atoms with E-state index in [9.17, 15) is 13.2 Å². The third kappa shape index (κ3) is 4.24. The number of benzene rings is 1. The lowest BCUT2D eigenvalue weighted by Crippen LogP contribution is -2.46. The number of rotatable bonds is 6. The number of halogens is 3. The first-order valence-corrected chi connectivity index (χ1v) is 7.71. The van der Waals surface area contributed by atoms with Crippen LogP contribution in [0.4, 0.5) is 13.2 Å². The van der Waals surface area contributed by atoms with E-state index >= 15 is 0 Å². The molecule has 5 nitrogen and oxygen atoms in total. The molecule has 0 radical (unpaired) electrons. The van der Waals surface area contributed by atoms with Gasteiger partial charge in [0.05, 0.1) is 27.8 Å². The highest BCUT2D eigenvalue weighted by molar-refractivity contribution is 5.56. The molecule has 0 saturated carbocycles. The molecule has 0 spiro atoms. The maximum atomic E-state index is 13.2. The van der Waals surface area contributed by atoms with Gasteiger partial charge in [-0.1, -0.05) is 0 Å². The largest absolute Gasteiger partial charge is 0.493 e. The Balaban J connectivity index is 2.48. The SMILES string of the molecule is COc1ccc([C@H](CC(F)(F)F)N2CCNCC2)c(OC)c1OC. The molecular weight excluding hydrogens is 325 g/mol. The summed E-state index contributed by atoms with van der Waals surface area (Å²) >= 11 is 0. The molecule has 1 fully saturated rings. The van der Waals surface area contributed by atoms with Gasteiger partial charge in [-0.05, 0) is 12.1 Å². The van der Waals surface area contributed by atoms with E-state index in [-0.39, 0.29) is 5.75 Å². The predicted octanol–water partition coefficient (Wildman–Crippen LogP) is 2.61. The van der Waals surface area contributed by atoms with Crippen LogP contribution in [0.1, 0.15) is 18.0 Å². The Kier molecular flexibility index (Phi) is 6.17. The first-order valence-electron chi connectivity index (χ1n) is 7.71. The van der Waals surface area contributed by atoms with Crippen molar-refractivity contribution in [2.45, 2.75) is 18.6 Å². The number of alkyl halides is 3. The van der Waals surface area contributed by atoms with Crippen molar-refractivity contribution in [3.8, 4) is 17.2 Å². The maximum Gasteiger partial charge on any atom is 0.390 e. The van der Waals surface area contributed by atoms with Gasteiger partial charge in [0.25, 0.3) is 0 Å². The summed E-state index contributed by atoms with van der Waals surface area (Å²) in [6.45, 7) is 2.39. The molecule has 8 heteroatoms. The van der Waals surface area contributed by atoms with Gasteiger partial charge in [0.1, 0.15) is 0 Å². The second kappa shape index (κ2) is 7.94. The zero-order chi connectivity index (χ0) is 17.7. The smallest absolute Gasteiger partial charge is 0.390 e. The summed E-state index contributed by atoms with van der Waals surface area (Å²) in [5.41, 5.74) is 0.453. The van der Waals surface area contributed by atoms with Crippen LogP contribution in [0.15, 0.2) is 12.1 Å². The molecule has 1 aliphatic heterocycles. The van der Waals surface area contributed by atoms with Crippen LogP contribution in [0.25, 0.3) is 0 Å². The molecule has 1 heterocycles. The molecule has 136 valence electrons. The summed E-state index contributed by atoms with van der Waals surface area (Å²) in [5.74, 6) is 1.01. The fourth-order valence-corrected chi connectivity index (χ4v) is 3.04. The number of nitrogens with one attached hydrogen (secondary N) is 1. The van der Waals surface area contributed by atoms with Gasteiger partial charge in [-0.25, -0.2) is 0 Å². The van der Waals surface area contributed by atoms with Crippen molar-refractivity contribution >= 4 is 0 Å². The first kappa shape index (κ1) is 18.7. The summed E-state index contributed by atoms with van der Waals surface area (Å²) < 4.78 is 55.4. The average Bonchev–Trinajstić information content (AvgIpc) is 2.58. The van der Waals surface area contributed by atoms with Gasteiger partial charge in [0.15, 0.2) is 11.5 Å². The third-order valence-corrected chi connectivity index (χ3v) is 4.11. The van der Waals surface area contributed by atoms with Gasteiger partial charge in [0, 0.05) is 37.8 Å². The molecular formula is C16H23F3N2O3. The highest BCUT2D eigenvalue weighted by Crippen LogP contribution is 2.46. The van der Waals surface area contributed by atoms with Crippen molar-refractivity contribution in [2.24, 2.45) is 0 Å². The maximum absolute atomic E-state index is 13.2. The van der Waals surface area contributed by atoms with Crippen LogP contribution in [0, 0.1) is 0 Å². The zero-order valence-electron chi connectivity index (χ0n) is 14.1. The monoisotopic (exact) mass is 348 g/mol. The van der Waals surface area contributed by atoms with E-state index in [0.717, 1.165) is 0 Å². The number of hydrogen-bond donors (Lipinski definition) is 1. The fourth-order valence-electron chi connectivity index (χ4n) is 3.04. The van der Waals surface area contributed by atoms with Crippen LogP contribution >= 0.6 is 0 Å². The first-order chi connectivity index (χ1) is 11.4. The van der Waals surface area contributed by atoms with E-state index in [4.69, 9.17) is 14.2 Å². The lowest BCUT2D eigenvalue weighted by atomic mass is 9.98. The zero-order valence-corrected chi connectivity index (χ0v) is 14.1. The van der Waals surface area contributed by atoms with Gasteiger partial charge < -0.3 is 19.5 Å². The second-order valence-corrected chi connectivity index (χ2v) is 5.54. The van der Waals surface area contributed by atoms with Crippen LogP contribution in [-0.2, 0) is 0 Å². The molecule has 0 aliphatic carbocycles. The van der Waals surface area contributed by atoms with E-state index in [2.05, 4.69) is 5.32 Å². The number of hydrogen-bond acceptors (Lipinski definition) is 5. The average molecular weight is 348 g/mol. The molecule has 2 rings (SSSR count). The molecule has 1 saturated heterocycles. The molecule has 24 heavy (non-hydrogen) atoms. The van der Waals surface area contributed by atoms with E-state index in [0.29, 0.717) is 43.2 Å². The standard InChI is InChI=1S/C16H23F3N2O3/c1-22-13-5-4-11(14(23-2)15(13)24-3)12(10-16(17,18)19)21-8-6-20-7-9-21/h4-5,12,20H,6-10H2,1-3H3/t12-/m0/s1. The molecule has 1 N–H and O–H groups in total. The lowest BCUT2D eigenvalue weighted by molar-refractivity contribution is -0.148. The second-order valence-electron chi connectivity index (χ2n) is 5.54. The molecule has 0 aromatic heterocycles. The Morgan fingerprint density at radius 2 is 1.67 bits per heavy atom. The number of ether oxygens (including phenoxy) is 3. The molecule has 0 unspecified atom stereocenters. The van der Waals surface area contributed by atoms with Crippen molar-refractivity contribution in [3.63, 3.8) is 0 Å². The minimum atomic E-state index is -4.28. The van der Waals surface area contributed by atoms with Crippen LogP contribution in [0.5, 0.6) is 17.2 Å². The van der Waals surface area contributed by atoms with E-state index in [1.807, 2.05) is 4.90 Å². The van der Waals surface area contributed by atoms with Crippen molar-refractivity contribution in [1.82, 2.24) is 10.2 Å². The van der Waals surface area contributed by atoms with Crippen LogP contribution in [0.2, 0.25) is 0 Å². The normalized spacial score (nSPS) is 17.4. The number of methoxy groups -OCH3 is 3. The van der Waals surface area contributed by atoms with E-state index in [1.165, 1.54) is 21.3 Å². The third-order valence-electron chi connectivity index (χ3n) is 4.11. The minimum absolute atomic E-state index is 0.282. The molecule has 1 aromatic carbocycles. The highest BCUT2D eigenvalue weighted by Gasteiger charge is 2.38. The number of nitrogens with zero attached hydrogens (tertiary/aromatic N) is 1. The Morgan fingerprint density at radius 3 is 2.17 bits per heavy atom. The quantitative estimate of drug-likeness (QED) is 0.856. The van der Waals surface area contributed by atoms with Crippen LogP contribution < -0.4 is 19.5 Å². The summed E-state index contributed by atoms with van der Waals surface area (Å²) in [6, 6.07) is 2.41. The van der Waals surface area contributed by atoms with Gasteiger partial charge in [0.2, 0.25) is 5.75 Å². The molecule has 1 aromatic rings. The molecule has 0 bridgehead atoms. The van der Waals surface area contributed by atoms with Crippen molar-refractivity contribution < 1.29 is 27.4 Å². The fraction of sp³-hybridized carbons (Fsp3) is 0.625. The Labute approximate surface area is 139 Å². The number of piperazine rings is 1.